The van der Waals surface area contributed by atoms with Crippen molar-refractivity contribution in [2.75, 3.05) is 0 Å². The van der Waals surface area contributed by atoms with Crippen molar-refractivity contribution in [2.24, 2.45) is 0 Å². The van der Waals surface area contributed by atoms with E-state index in [9.17, 15) is 0 Å². The minimum absolute atomic E-state index is 1.31. The molecule has 0 amide bonds. The predicted octanol–water partition coefficient (Wildman–Crippen LogP) is 6.83. The smallest absolute Gasteiger partial charge is 0.0178 e. The summed E-state index contributed by atoms with van der Waals surface area (Å²) in [5.74, 6) is 0. The normalized spacial score (nSPS) is 10.5. The van der Waals surface area contributed by atoms with Crippen LogP contribution in [0.25, 0.3) is 32.3 Å². The summed E-state index contributed by atoms with van der Waals surface area (Å²) in [5.41, 5.74) is 0. The summed E-state index contributed by atoms with van der Waals surface area (Å²) >= 11 is 0. The minimum atomic E-state index is 1.31. The van der Waals surface area contributed by atoms with Gasteiger partial charge in [0.05, 0.1) is 0 Å². The van der Waals surface area contributed by atoms with Crippen LogP contribution in [0, 0.1) is 0 Å². The average Bonchev–Trinajstić information content (AvgIpc) is 2.67. The first-order valence-corrected chi connectivity index (χ1v) is 8.21. The molecule has 114 valence electrons. The van der Waals surface area contributed by atoms with E-state index in [1.165, 1.54) is 32.3 Å². The van der Waals surface area contributed by atoms with Crippen LogP contribution in [-0.2, 0) is 0 Å². The third-order valence-corrected chi connectivity index (χ3v) is 4.27. The average molecular weight is 306 g/mol. The van der Waals surface area contributed by atoms with Crippen LogP contribution in [0.1, 0.15) is 0 Å². The standard InChI is InChI=1S/C14H10.C10H8/c1-2-6-12-10-14-8-4-3-7-13(14)9-11(12)5-1;1-2-6-10-8-4-3-7-9(10)5-1/h1-10H;1-8H. The van der Waals surface area contributed by atoms with Gasteiger partial charge in [0.1, 0.15) is 0 Å². The molecule has 0 nitrogen and oxygen atoms in total. The van der Waals surface area contributed by atoms with Crippen molar-refractivity contribution < 1.29 is 0 Å². The van der Waals surface area contributed by atoms with E-state index in [1.807, 2.05) is 0 Å². The van der Waals surface area contributed by atoms with Gasteiger partial charge >= 0.3 is 0 Å². The molecule has 24 heavy (non-hydrogen) atoms. The van der Waals surface area contributed by atoms with Gasteiger partial charge in [0, 0.05) is 0 Å². The lowest BCUT2D eigenvalue weighted by molar-refractivity contribution is 1.75. The fourth-order valence-corrected chi connectivity index (χ4v) is 3.02. The molecule has 0 bridgehead atoms. The number of benzene rings is 5. The number of hydrogen-bond acceptors (Lipinski definition) is 0. The highest BCUT2D eigenvalue weighted by Crippen LogP contribution is 2.22. The second kappa shape index (κ2) is 6.55. The molecule has 0 heterocycles. The maximum Gasteiger partial charge on any atom is -0.0178 e. The van der Waals surface area contributed by atoms with Gasteiger partial charge in [-0.15, -0.1) is 0 Å². The van der Waals surface area contributed by atoms with Gasteiger partial charge in [0.2, 0.25) is 0 Å². The Bertz CT molecular complexity index is 936. The zero-order valence-electron chi connectivity index (χ0n) is 13.4. The Kier molecular flexibility index (Phi) is 3.95. The molecule has 0 aliphatic rings. The van der Waals surface area contributed by atoms with Gasteiger partial charge in [-0.3, -0.25) is 0 Å². The zero-order valence-corrected chi connectivity index (χ0v) is 13.4. The molecule has 0 aliphatic carbocycles. The molecule has 0 radical (unpaired) electrons. The molecule has 0 spiro atoms. The lowest BCUT2D eigenvalue weighted by atomic mass is 10.0. The highest BCUT2D eigenvalue weighted by atomic mass is 14.0. The molecule has 0 aromatic heterocycles. The van der Waals surface area contributed by atoms with Crippen LogP contribution in [0.2, 0.25) is 0 Å². The van der Waals surface area contributed by atoms with E-state index in [1.54, 1.807) is 0 Å². The van der Waals surface area contributed by atoms with Gasteiger partial charge in [-0.25, -0.2) is 0 Å². The highest BCUT2D eigenvalue weighted by Gasteiger charge is 1.95. The van der Waals surface area contributed by atoms with Crippen molar-refractivity contribution in [2.45, 2.75) is 0 Å². The second-order valence-electron chi connectivity index (χ2n) is 5.89. The summed E-state index contributed by atoms with van der Waals surface area (Å²) in [7, 11) is 0. The van der Waals surface area contributed by atoms with Crippen LogP contribution in [0.5, 0.6) is 0 Å². The first-order valence-electron chi connectivity index (χ1n) is 8.21. The number of rotatable bonds is 0. The number of hydrogen-bond donors (Lipinski definition) is 0. The summed E-state index contributed by atoms with van der Waals surface area (Å²) in [4.78, 5) is 0. The maximum absolute atomic E-state index is 2.24. The van der Waals surface area contributed by atoms with E-state index in [-0.39, 0.29) is 0 Å². The predicted molar refractivity (Wildman–Crippen MR) is 105 cm³/mol. The van der Waals surface area contributed by atoms with Gasteiger partial charge in [-0.05, 0) is 44.5 Å². The Hall–Kier alpha value is -3.12. The van der Waals surface area contributed by atoms with Crippen LogP contribution in [0.3, 0.4) is 0 Å². The number of fused-ring (bicyclic) bond motifs is 3. The summed E-state index contributed by atoms with van der Waals surface area (Å²) in [6.45, 7) is 0. The SMILES string of the molecule is c1ccc2cc3ccccc3cc2c1.c1ccc2ccccc2c1. The molecule has 0 atom stereocenters. The summed E-state index contributed by atoms with van der Waals surface area (Å²) in [6.07, 6.45) is 0. The monoisotopic (exact) mass is 306 g/mol. The van der Waals surface area contributed by atoms with Gasteiger partial charge in [-0.2, -0.15) is 0 Å². The van der Waals surface area contributed by atoms with E-state index in [4.69, 9.17) is 0 Å². The largest absolute Gasteiger partial charge is 0.0616 e. The third-order valence-electron chi connectivity index (χ3n) is 4.27. The van der Waals surface area contributed by atoms with E-state index in [0.29, 0.717) is 0 Å². The van der Waals surface area contributed by atoms with Crippen molar-refractivity contribution in [1.29, 1.82) is 0 Å². The van der Waals surface area contributed by atoms with Gasteiger partial charge in [-0.1, -0.05) is 97.1 Å². The summed E-state index contributed by atoms with van der Waals surface area (Å²) in [6, 6.07) is 38.1. The molecular weight excluding hydrogens is 288 g/mol. The Labute approximate surface area is 142 Å². The molecule has 5 aromatic carbocycles. The quantitative estimate of drug-likeness (QED) is 0.275. The van der Waals surface area contributed by atoms with Crippen molar-refractivity contribution >= 4 is 32.3 Å². The Balaban J connectivity index is 0.000000129. The van der Waals surface area contributed by atoms with Crippen molar-refractivity contribution in [3.8, 4) is 0 Å². The van der Waals surface area contributed by atoms with Crippen molar-refractivity contribution in [3.63, 3.8) is 0 Å². The van der Waals surface area contributed by atoms with Crippen LogP contribution < -0.4 is 0 Å². The molecule has 0 fully saturated rings. The zero-order chi connectivity index (χ0) is 16.2. The van der Waals surface area contributed by atoms with Crippen LogP contribution in [-0.4, -0.2) is 0 Å². The molecule has 0 saturated carbocycles. The first-order chi connectivity index (χ1) is 11.9. The molecule has 0 N–H and O–H groups in total. The van der Waals surface area contributed by atoms with Crippen LogP contribution in [0.15, 0.2) is 109 Å². The lowest BCUT2D eigenvalue weighted by Crippen LogP contribution is -1.74. The van der Waals surface area contributed by atoms with E-state index >= 15 is 0 Å². The third kappa shape index (κ3) is 3.00. The molecule has 5 aromatic rings. The molecule has 0 unspecified atom stereocenters. The summed E-state index contributed by atoms with van der Waals surface area (Å²) in [5, 5.41) is 7.87. The van der Waals surface area contributed by atoms with Crippen LogP contribution >= 0.6 is 0 Å². The molecule has 0 heteroatoms. The van der Waals surface area contributed by atoms with E-state index in [2.05, 4.69) is 109 Å². The topological polar surface area (TPSA) is 0 Å². The van der Waals surface area contributed by atoms with Crippen LogP contribution in [0.4, 0.5) is 0 Å². The van der Waals surface area contributed by atoms with Gasteiger partial charge < -0.3 is 0 Å². The maximum atomic E-state index is 2.24. The lowest BCUT2D eigenvalue weighted by Gasteiger charge is -2.00. The molecule has 5 rings (SSSR count). The Morgan fingerprint density at radius 2 is 0.458 bits per heavy atom. The van der Waals surface area contributed by atoms with Gasteiger partial charge in [0.15, 0.2) is 0 Å². The fourth-order valence-electron chi connectivity index (χ4n) is 3.02. The minimum Gasteiger partial charge on any atom is -0.0616 e. The first kappa shape index (κ1) is 14.5. The Morgan fingerprint density at radius 1 is 0.250 bits per heavy atom. The van der Waals surface area contributed by atoms with Crippen molar-refractivity contribution in [3.05, 3.63) is 109 Å². The fraction of sp³-hybridized carbons (Fsp3) is 0. The second-order valence-corrected chi connectivity index (χ2v) is 5.89. The Morgan fingerprint density at radius 3 is 0.708 bits per heavy atom. The molecule has 0 saturated heterocycles. The van der Waals surface area contributed by atoms with Crippen molar-refractivity contribution in [1.82, 2.24) is 0 Å². The molecule has 0 aliphatic heterocycles. The summed E-state index contributed by atoms with van der Waals surface area (Å²) < 4.78 is 0. The van der Waals surface area contributed by atoms with Gasteiger partial charge in [0.25, 0.3) is 0 Å². The van der Waals surface area contributed by atoms with E-state index < -0.39 is 0 Å². The highest BCUT2D eigenvalue weighted by molar-refractivity contribution is 5.98. The van der Waals surface area contributed by atoms with E-state index in [0.717, 1.165) is 0 Å². The molecular formula is C24H18.